The van der Waals surface area contributed by atoms with Gasteiger partial charge in [0, 0.05) is 18.6 Å². The fourth-order valence-corrected chi connectivity index (χ4v) is 1.21. The minimum Gasteiger partial charge on any atom is -0.662 e. The van der Waals surface area contributed by atoms with Gasteiger partial charge in [0.05, 0.1) is 0 Å². The SMILES string of the molecule is CCC1CC[N-]CC1.[V]. The van der Waals surface area contributed by atoms with Gasteiger partial charge in [-0.3, -0.25) is 0 Å². The second-order valence-corrected chi connectivity index (χ2v) is 2.52. The summed E-state index contributed by atoms with van der Waals surface area (Å²) in [6, 6.07) is 0. The summed E-state index contributed by atoms with van der Waals surface area (Å²) in [6.07, 6.45) is 4.04. The average molecular weight is 163 g/mol. The molecule has 9 heavy (non-hydrogen) atoms. The molecule has 0 amide bonds. The van der Waals surface area contributed by atoms with Crippen LogP contribution < -0.4 is 0 Å². The molecule has 1 radical (unpaired) electrons. The predicted octanol–water partition coefficient (Wildman–Crippen LogP) is 2.18. The van der Waals surface area contributed by atoms with E-state index in [1.165, 1.54) is 19.3 Å². The van der Waals surface area contributed by atoms with Gasteiger partial charge in [-0.05, 0) is 5.92 Å². The minimum absolute atomic E-state index is 0. The van der Waals surface area contributed by atoms with Gasteiger partial charge in [0.2, 0.25) is 0 Å². The van der Waals surface area contributed by atoms with Crippen molar-refractivity contribution in [3.8, 4) is 0 Å². The first-order valence-electron chi connectivity index (χ1n) is 3.56. The van der Waals surface area contributed by atoms with Gasteiger partial charge in [-0.2, -0.15) is 0 Å². The van der Waals surface area contributed by atoms with Crippen molar-refractivity contribution in [2.45, 2.75) is 26.2 Å². The van der Waals surface area contributed by atoms with Gasteiger partial charge in [0.15, 0.2) is 0 Å². The third-order valence-electron chi connectivity index (χ3n) is 1.97. The van der Waals surface area contributed by atoms with Crippen molar-refractivity contribution in [1.29, 1.82) is 0 Å². The first kappa shape index (κ1) is 9.54. The van der Waals surface area contributed by atoms with Crippen LogP contribution in [0, 0.1) is 5.92 Å². The molecule has 1 saturated heterocycles. The Kier molecular flexibility index (Phi) is 5.66. The summed E-state index contributed by atoms with van der Waals surface area (Å²) in [4.78, 5) is 0. The molecule has 2 heteroatoms. The van der Waals surface area contributed by atoms with E-state index < -0.39 is 0 Å². The number of piperidine rings is 1. The van der Waals surface area contributed by atoms with Crippen LogP contribution in [0.3, 0.4) is 0 Å². The van der Waals surface area contributed by atoms with Gasteiger partial charge < -0.3 is 5.32 Å². The maximum absolute atomic E-state index is 4.28. The third-order valence-corrected chi connectivity index (χ3v) is 1.97. The maximum Gasteiger partial charge on any atom is 0 e. The van der Waals surface area contributed by atoms with Crippen molar-refractivity contribution in [2.75, 3.05) is 13.1 Å². The van der Waals surface area contributed by atoms with Crippen molar-refractivity contribution in [2.24, 2.45) is 5.92 Å². The Morgan fingerprint density at radius 3 is 2.22 bits per heavy atom. The topological polar surface area (TPSA) is 14.1 Å². The van der Waals surface area contributed by atoms with E-state index >= 15 is 0 Å². The Balaban J connectivity index is 0.000000640. The summed E-state index contributed by atoms with van der Waals surface area (Å²) in [5.74, 6) is 0.993. The summed E-state index contributed by atoms with van der Waals surface area (Å²) in [6.45, 7) is 4.52. The van der Waals surface area contributed by atoms with Crippen LogP contribution in [0.2, 0.25) is 0 Å². The van der Waals surface area contributed by atoms with E-state index in [0.29, 0.717) is 0 Å². The Morgan fingerprint density at radius 2 is 1.89 bits per heavy atom. The molecule has 0 spiro atoms. The van der Waals surface area contributed by atoms with Crippen molar-refractivity contribution < 1.29 is 18.6 Å². The number of nitrogens with zero attached hydrogens (tertiary/aromatic N) is 1. The van der Waals surface area contributed by atoms with E-state index in [-0.39, 0.29) is 18.6 Å². The molecule has 0 aromatic carbocycles. The second kappa shape index (κ2) is 5.34. The molecular formula is C7H14NV-. The van der Waals surface area contributed by atoms with Gasteiger partial charge in [-0.25, -0.2) is 0 Å². The molecule has 53 valence electrons. The maximum atomic E-state index is 4.28. The Morgan fingerprint density at radius 1 is 1.33 bits per heavy atom. The molecule has 1 fully saturated rings. The van der Waals surface area contributed by atoms with Crippen molar-refractivity contribution in [3.63, 3.8) is 0 Å². The van der Waals surface area contributed by atoms with Crippen LogP contribution in [-0.4, -0.2) is 13.1 Å². The molecule has 0 N–H and O–H groups in total. The fraction of sp³-hybridized carbons (Fsp3) is 1.00. The first-order valence-corrected chi connectivity index (χ1v) is 3.56. The predicted molar refractivity (Wildman–Crippen MR) is 36.1 cm³/mol. The normalized spacial score (nSPS) is 21.0. The van der Waals surface area contributed by atoms with Gasteiger partial charge >= 0.3 is 0 Å². The fourth-order valence-electron chi connectivity index (χ4n) is 1.21. The average Bonchev–Trinajstić information content (AvgIpc) is 1.90. The van der Waals surface area contributed by atoms with Crippen molar-refractivity contribution in [1.82, 2.24) is 0 Å². The number of hydrogen-bond donors (Lipinski definition) is 0. The molecule has 1 nitrogen and oxygen atoms in total. The van der Waals surface area contributed by atoms with Crippen LogP contribution in [0.25, 0.3) is 5.32 Å². The number of rotatable bonds is 1. The van der Waals surface area contributed by atoms with Gasteiger partial charge in [0.1, 0.15) is 0 Å². The summed E-state index contributed by atoms with van der Waals surface area (Å²) in [5.41, 5.74) is 0. The van der Waals surface area contributed by atoms with Crippen LogP contribution in [0.5, 0.6) is 0 Å². The van der Waals surface area contributed by atoms with E-state index in [0.717, 1.165) is 19.0 Å². The molecular weight excluding hydrogens is 149 g/mol. The molecule has 1 aliphatic rings. The minimum atomic E-state index is 0. The Labute approximate surface area is 69.5 Å². The van der Waals surface area contributed by atoms with Crippen LogP contribution in [-0.2, 0) is 18.6 Å². The molecule has 0 aromatic heterocycles. The molecule has 1 heterocycles. The van der Waals surface area contributed by atoms with E-state index in [2.05, 4.69) is 12.2 Å². The van der Waals surface area contributed by atoms with Crippen molar-refractivity contribution in [3.05, 3.63) is 5.32 Å². The molecule has 0 bridgehead atoms. The largest absolute Gasteiger partial charge is 0.662 e. The number of hydrogen-bond acceptors (Lipinski definition) is 0. The zero-order valence-electron chi connectivity index (χ0n) is 6.01. The first-order chi connectivity index (χ1) is 3.93. The second-order valence-electron chi connectivity index (χ2n) is 2.52. The molecule has 1 rings (SSSR count). The van der Waals surface area contributed by atoms with E-state index in [1.54, 1.807) is 0 Å². The summed E-state index contributed by atoms with van der Waals surface area (Å²) in [5, 5.41) is 4.28. The standard InChI is InChI=1S/C7H14N.V/c1-2-7-3-5-8-6-4-7;/h7H,2-6H2,1H3;/q-1;. The van der Waals surface area contributed by atoms with E-state index in [9.17, 15) is 0 Å². The van der Waals surface area contributed by atoms with Crippen LogP contribution in [0.15, 0.2) is 0 Å². The summed E-state index contributed by atoms with van der Waals surface area (Å²) in [7, 11) is 0. The smallest absolute Gasteiger partial charge is 0 e. The molecule has 0 saturated carbocycles. The van der Waals surface area contributed by atoms with Crippen LogP contribution in [0.4, 0.5) is 0 Å². The van der Waals surface area contributed by atoms with Crippen molar-refractivity contribution >= 4 is 0 Å². The van der Waals surface area contributed by atoms with Gasteiger partial charge in [-0.15, -0.1) is 13.1 Å². The van der Waals surface area contributed by atoms with E-state index in [4.69, 9.17) is 0 Å². The van der Waals surface area contributed by atoms with E-state index in [1.807, 2.05) is 0 Å². The monoisotopic (exact) mass is 163 g/mol. The summed E-state index contributed by atoms with van der Waals surface area (Å²) >= 11 is 0. The zero-order valence-corrected chi connectivity index (χ0v) is 7.40. The molecule has 0 unspecified atom stereocenters. The van der Waals surface area contributed by atoms with Crippen LogP contribution in [0.1, 0.15) is 26.2 Å². The summed E-state index contributed by atoms with van der Waals surface area (Å²) < 4.78 is 0. The zero-order chi connectivity index (χ0) is 5.82. The van der Waals surface area contributed by atoms with Crippen LogP contribution >= 0.6 is 0 Å². The Bertz CT molecular complexity index is 59.9. The van der Waals surface area contributed by atoms with Gasteiger partial charge in [0.25, 0.3) is 0 Å². The Hall–Kier alpha value is 0.544. The molecule has 0 aliphatic carbocycles. The molecule has 0 aromatic rings. The third kappa shape index (κ3) is 3.29. The molecule has 1 aliphatic heterocycles. The molecule has 0 atom stereocenters. The van der Waals surface area contributed by atoms with Gasteiger partial charge in [-0.1, -0.05) is 26.2 Å². The quantitative estimate of drug-likeness (QED) is 0.562.